The van der Waals surface area contributed by atoms with E-state index in [0.717, 1.165) is 13.0 Å². The minimum Gasteiger partial charge on any atom is -0.316 e. The van der Waals surface area contributed by atoms with Crippen molar-refractivity contribution in [1.82, 2.24) is 5.32 Å². The van der Waals surface area contributed by atoms with E-state index in [1.54, 1.807) is 0 Å². The number of rotatable bonds is 4. The molecule has 19 heavy (non-hydrogen) atoms. The van der Waals surface area contributed by atoms with Gasteiger partial charge in [-0.05, 0) is 60.7 Å². The van der Waals surface area contributed by atoms with E-state index in [1.807, 2.05) is 7.05 Å². The quantitative estimate of drug-likeness (QED) is 0.859. The molecular formula is C18H23N. The Morgan fingerprint density at radius 2 is 1.63 bits per heavy atom. The third kappa shape index (κ3) is 3.05. The second kappa shape index (κ2) is 6.03. The Morgan fingerprint density at radius 1 is 0.947 bits per heavy atom. The number of hydrogen-bond donors (Lipinski definition) is 1. The number of nitrogens with one attached hydrogen (secondary N) is 1. The van der Waals surface area contributed by atoms with Crippen LogP contribution in [0, 0.1) is 13.8 Å². The first kappa shape index (κ1) is 13.8. The molecule has 0 aromatic heterocycles. The minimum absolute atomic E-state index is 0.937. The molecular weight excluding hydrogens is 230 g/mol. The van der Waals surface area contributed by atoms with Crippen LogP contribution in [0.15, 0.2) is 36.4 Å². The van der Waals surface area contributed by atoms with Crippen molar-refractivity contribution in [2.75, 3.05) is 7.05 Å². The summed E-state index contributed by atoms with van der Waals surface area (Å²) >= 11 is 0. The van der Waals surface area contributed by atoms with E-state index in [4.69, 9.17) is 0 Å². The Labute approximate surface area is 116 Å². The number of benzene rings is 2. The van der Waals surface area contributed by atoms with Crippen molar-refractivity contribution < 1.29 is 0 Å². The van der Waals surface area contributed by atoms with Crippen molar-refractivity contribution in [2.45, 2.75) is 33.7 Å². The molecule has 100 valence electrons. The molecule has 0 bridgehead atoms. The van der Waals surface area contributed by atoms with Gasteiger partial charge in [0.15, 0.2) is 0 Å². The van der Waals surface area contributed by atoms with Crippen molar-refractivity contribution in [1.29, 1.82) is 0 Å². The molecule has 0 aliphatic carbocycles. The van der Waals surface area contributed by atoms with Crippen molar-refractivity contribution in [3.63, 3.8) is 0 Å². The molecule has 0 saturated heterocycles. The maximum atomic E-state index is 3.24. The Balaban J connectivity index is 2.45. The van der Waals surface area contributed by atoms with Gasteiger partial charge < -0.3 is 5.32 Å². The lowest BCUT2D eigenvalue weighted by Gasteiger charge is -2.13. The summed E-state index contributed by atoms with van der Waals surface area (Å²) in [6.45, 7) is 7.54. The Bertz CT molecular complexity index is 547. The highest BCUT2D eigenvalue weighted by Crippen LogP contribution is 2.26. The lowest BCUT2D eigenvalue weighted by molar-refractivity contribution is 0.806. The standard InChI is InChI=1S/C18H23N/c1-5-15-7-6-8-16(11-15)17-9-13(2)18(12-19-4)14(3)10-17/h6-11,19H,5,12H2,1-4H3. The highest BCUT2D eigenvalue weighted by Gasteiger charge is 2.06. The molecule has 2 aromatic carbocycles. The molecule has 0 radical (unpaired) electrons. The second-order valence-electron chi connectivity index (χ2n) is 5.17. The third-order valence-electron chi connectivity index (χ3n) is 3.72. The van der Waals surface area contributed by atoms with Gasteiger partial charge >= 0.3 is 0 Å². The molecule has 1 heteroatoms. The average Bonchev–Trinajstić information content (AvgIpc) is 2.42. The molecule has 0 unspecified atom stereocenters. The van der Waals surface area contributed by atoms with Crippen LogP contribution in [0.5, 0.6) is 0 Å². The van der Waals surface area contributed by atoms with Gasteiger partial charge in [0.25, 0.3) is 0 Å². The van der Waals surface area contributed by atoms with Gasteiger partial charge in [0.05, 0.1) is 0 Å². The molecule has 0 heterocycles. The van der Waals surface area contributed by atoms with Crippen LogP contribution in [0.25, 0.3) is 11.1 Å². The highest BCUT2D eigenvalue weighted by atomic mass is 14.8. The van der Waals surface area contributed by atoms with Crippen molar-refractivity contribution in [3.05, 3.63) is 58.7 Å². The van der Waals surface area contributed by atoms with Crippen LogP contribution in [0.1, 0.15) is 29.2 Å². The summed E-state index contributed by atoms with van der Waals surface area (Å²) in [5.41, 5.74) is 8.19. The molecule has 0 saturated carbocycles. The fraction of sp³-hybridized carbons (Fsp3) is 0.333. The topological polar surface area (TPSA) is 12.0 Å². The highest BCUT2D eigenvalue weighted by molar-refractivity contribution is 5.67. The first-order valence-corrected chi connectivity index (χ1v) is 6.99. The monoisotopic (exact) mass is 253 g/mol. The zero-order valence-electron chi connectivity index (χ0n) is 12.4. The average molecular weight is 253 g/mol. The second-order valence-corrected chi connectivity index (χ2v) is 5.17. The van der Waals surface area contributed by atoms with E-state index >= 15 is 0 Å². The third-order valence-corrected chi connectivity index (χ3v) is 3.72. The van der Waals surface area contributed by atoms with Crippen LogP contribution < -0.4 is 5.32 Å². The van der Waals surface area contributed by atoms with Gasteiger partial charge in [0.2, 0.25) is 0 Å². The molecule has 0 spiro atoms. The van der Waals surface area contributed by atoms with Crippen molar-refractivity contribution in [3.8, 4) is 11.1 Å². The lowest BCUT2D eigenvalue weighted by Crippen LogP contribution is -2.08. The predicted molar refractivity (Wildman–Crippen MR) is 83.5 cm³/mol. The maximum Gasteiger partial charge on any atom is 0.0207 e. The first-order valence-electron chi connectivity index (χ1n) is 6.99. The molecule has 0 fully saturated rings. The summed E-state index contributed by atoms with van der Waals surface area (Å²) in [4.78, 5) is 0. The predicted octanol–water partition coefficient (Wildman–Crippen LogP) is 4.25. The van der Waals surface area contributed by atoms with Crippen molar-refractivity contribution in [2.24, 2.45) is 0 Å². The van der Waals surface area contributed by atoms with Crippen LogP contribution in [0.4, 0.5) is 0 Å². The van der Waals surface area contributed by atoms with Gasteiger partial charge in [-0.2, -0.15) is 0 Å². The van der Waals surface area contributed by atoms with E-state index in [1.165, 1.54) is 33.4 Å². The van der Waals surface area contributed by atoms with Gasteiger partial charge in [-0.15, -0.1) is 0 Å². The molecule has 0 atom stereocenters. The van der Waals surface area contributed by atoms with E-state index in [9.17, 15) is 0 Å². The summed E-state index contributed by atoms with van der Waals surface area (Å²) in [5, 5.41) is 3.24. The summed E-state index contributed by atoms with van der Waals surface area (Å²) in [5.74, 6) is 0. The smallest absolute Gasteiger partial charge is 0.0207 e. The summed E-state index contributed by atoms with van der Waals surface area (Å²) in [6, 6.07) is 13.4. The molecule has 2 rings (SSSR count). The first-order chi connectivity index (χ1) is 9.15. The van der Waals surface area contributed by atoms with E-state index < -0.39 is 0 Å². The number of aryl methyl sites for hydroxylation is 3. The van der Waals surface area contributed by atoms with Gasteiger partial charge in [-0.3, -0.25) is 0 Å². The maximum absolute atomic E-state index is 3.24. The van der Waals surface area contributed by atoms with Crippen LogP contribution in [-0.4, -0.2) is 7.05 Å². The van der Waals surface area contributed by atoms with Crippen molar-refractivity contribution >= 4 is 0 Å². The largest absolute Gasteiger partial charge is 0.316 e. The lowest BCUT2D eigenvalue weighted by atomic mass is 9.94. The molecule has 0 amide bonds. The molecule has 0 aliphatic rings. The van der Waals surface area contributed by atoms with Gasteiger partial charge in [-0.25, -0.2) is 0 Å². The zero-order chi connectivity index (χ0) is 13.8. The Morgan fingerprint density at radius 3 is 2.21 bits per heavy atom. The van der Waals surface area contributed by atoms with Crippen LogP contribution in [0.3, 0.4) is 0 Å². The fourth-order valence-electron chi connectivity index (χ4n) is 2.59. The number of hydrogen-bond acceptors (Lipinski definition) is 1. The zero-order valence-corrected chi connectivity index (χ0v) is 12.4. The molecule has 1 nitrogen and oxygen atoms in total. The Hall–Kier alpha value is -1.60. The van der Waals surface area contributed by atoms with Crippen LogP contribution >= 0.6 is 0 Å². The normalized spacial score (nSPS) is 10.7. The molecule has 1 N–H and O–H groups in total. The van der Waals surface area contributed by atoms with E-state index in [-0.39, 0.29) is 0 Å². The SMILES string of the molecule is CCc1cccc(-c2cc(C)c(CNC)c(C)c2)c1. The summed E-state index contributed by atoms with van der Waals surface area (Å²) in [6.07, 6.45) is 1.09. The van der Waals surface area contributed by atoms with Gasteiger partial charge in [0.1, 0.15) is 0 Å². The summed E-state index contributed by atoms with van der Waals surface area (Å²) in [7, 11) is 2.00. The fourth-order valence-corrected chi connectivity index (χ4v) is 2.59. The molecule has 2 aromatic rings. The van der Waals surface area contributed by atoms with E-state index in [0.29, 0.717) is 0 Å². The van der Waals surface area contributed by atoms with E-state index in [2.05, 4.69) is 62.5 Å². The summed E-state index contributed by atoms with van der Waals surface area (Å²) < 4.78 is 0. The van der Waals surface area contributed by atoms with Crippen LogP contribution in [-0.2, 0) is 13.0 Å². The molecule has 0 aliphatic heterocycles. The van der Waals surface area contributed by atoms with Gasteiger partial charge in [-0.1, -0.05) is 43.3 Å². The van der Waals surface area contributed by atoms with Crippen LogP contribution in [0.2, 0.25) is 0 Å². The van der Waals surface area contributed by atoms with Gasteiger partial charge in [0, 0.05) is 6.54 Å². The minimum atomic E-state index is 0.937. The Kier molecular flexibility index (Phi) is 4.39.